The Balaban J connectivity index is 2.07. The summed E-state index contributed by atoms with van der Waals surface area (Å²) < 4.78 is 0. The smallest absolute Gasteiger partial charge is 0.191 e. The van der Waals surface area contributed by atoms with Crippen LogP contribution in [0, 0.1) is 0 Å². The third-order valence-electron chi connectivity index (χ3n) is 3.11. The average molecular weight is 303 g/mol. The number of pyridine rings is 1. The summed E-state index contributed by atoms with van der Waals surface area (Å²) in [6.45, 7) is 3.82. The molecule has 2 aromatic rings. The van der Waals surface area contributed by atoms with E-state index in [2.05, 4.69) is 39.1 Å². The molecule has 1 N–H and O–H groups in total. The summed E-state index contributed by atoms with van der Waals surface area (Å²) >= 11 is 1.56. The lowest BCUT2D eigenvalue weighted by molar-refractivity contribution is 0.833. The second kappa shape index (κ2) is 7.83. The Morgan fingerprint density at radius 1 is 1.24 bits per heavy atom. The third kappa shape index (κ3) is 4.60. The van der Waals surface area contributed by atoms with Crippen molar-refractivity contribution in [1.82, 2.24) is 15.0 Å². The van der Waals surface area contributed by atoms with Gasteiger partial charge in [-0.3, -0.25) is 4.98 Å². The van der Waals surface area contributed by atoms with Crippen molar-refractivity contribution in [3.05, 3.63) is 36.2 Å². The molecule has 0 bridgehead atoms. The molecule has 0 aliphatic carbocycles. The minimum Gasteiger partial charge on any atom is -0.370 e. The topological polar surface area (TPSA) is 53.9 Å². The molecule has 0 saturated carbocycles. The van der Waals surface area contributed by atoms with Crippen LogP contribution in [0.1, 0.15) is 12.5 Å². The van der Waals surface area contributed by atoms with Gasteiger partial charge in [0.25, 0.3) is 0 Å². The molecule has 21 heavy (non-hydrogen) atoms. The Morgan fingerprint density at radius 2 is 2.00 bits per heavy atom. The van der Waals surface area contributed by atoms with Crippen molar-refractivity contribution in [2.75, 3.05) is 36.6 Å². The highest BCUT2D eigenvalue weighted by Crippen LogP contribution is 2.19. The van der Waals surface area contributed by atoms with E-state index in [1.165, 1.54) is 5.56 Å². The normalized spacial score (nSPS) is 10.4. The van der Waals surface area contributed by atoms with Gasteiger partial charge in [-0.15, -0.1) is 0 Å². The molecular weight excluding hydrogens is 282 g/mol. The fourth-order valence-electron chi connectivity index (χ4n) is 1.93. The Hall–Kier alpha value is -1.82. The van der Waals surface area contributed by atoms with E-state index in [1.807, 2.05) is 36.8 Å². The van der Waals surface area contributed by atoms with Crippen LogP contribution in [0.3, 0.4) is 0 Å². The SMILES string of the molecule is CCNc1cc(N(C)CCc2ccncc2)nc(SC)n1. The highest BCUT2D eigenvalue weighted by atomic mass is 32.2. The number of nitrogens with one attached hydrogen (secondary N) is 1. The van der Waals surface area contributed by atoms with Crippen molar-refractivity contribution < 1.29 is 0 Å². The zero-order valence-electron chi connectivity index (χ0n) is 12.7. The molecule has 2 aromatic heterocycles. The second-order valence-electron chi connectivity index (χ2n) is 4.66. The van der Waals surface area contributed by atoms with E-state index in [9.17, 15) is 0 Å². The summed E-state index contributed by atoms with van der Waals surface area (Å²) in [4.78, 5) is 15.2. The van der Waals surface area contributed by atoms with Gasteiger partial charge in [-0.05, 0) is 37.3 Å². The molecular formula is C15H21N5S. The third-order valence-corrected chi connectivity index (χ3v) is 3.66. The van der Waals surface area contributed by atoms with Crippen LogP contribution in [0.5, 0.6) is 0 Å². The lowest BCUT2D eigenvalue weighted by Gasteiger charge is -2.19. The van der Waals surface area contributed by atoms with E-state index in [0.717, 1.165) is 36.3 Å². The van der Waals surface area contributed by atoms with E-state index < -0.39 is 0 Å². The Bertz CT molecular complexity index is 561. The van der Waals surface area contributed by atoms with Crippen molar-refractivity contribution in [3.8, 4) is 0 Å². The first-order valence-electron chi connectivity index (χ1n) is 7.00. The zero-order chi connectivity index (χ0) is 15.1. The van der Waals surface area contributed by atoms with Crippen molar-refractivity contribution >= 4 is 23.4 Å². The van der Waals surface area contributed by atoms with Crippen LogP contribution in [-0.4, -0.2) is 41.3 Å². The number of thioether (sulfide) groups is 1. The molecule has 0 saturated heterocycles. The van der Waals surface area contributed by atoms with Gasteiger partial charge in [-0.1, -0.05) is 11.8 Å². The minimum absolute atomic E-state index is 0.791. The van der Waals surface area contributed by atoms with E-state index >= 15 is 0 Å². The van der Waals surface area contributed by atoms with Crippen molar-refractivity contribution in [3.63, 3.8) is 0 Å². The summed E-state index contributed by atoms with van der Waals surface area (Å²) in [6, 6.07) is 6.09. The van der Waals surface area contributed by atoms with Gasteiger partial charge >= 0.3 is 0 Å². The molecule has 0 aliphatic rings. The summed E-state index contributed by atoms with van der Waals surface area (Å²) in [5.74, 6) is 1.82. The molecule has 0 unspecified atom stereocenters. The standard InChI is InChI=1S/C15H21N5S/c1-4-17-13-11-14(19-15(18-13)21-3)20(2)10-7-12-5-8-16-9-6-12/h5-6,8-9,11H,4,7,10H2,1-3H3,(H,17,18,19). The number of nitrogens with zero attached hydrogens (tertiary/aromatic N) is 4. The molecule has 0 spiro atoms. The minimum atomic E-state index is 0.791. The average Bonchev–Trinajstić information content (AvgIpc) is 2.53. The van der Waals surface area contributed by atoms with Gasteiger partial charge in [0, 0.05) is 38.6 Å². The molecule has 0 amide bonds. The van der Waals surface area contributed by atoms with E-state index in [4.69, 9.17) is 0 Å². The van der Waals surface area contributed by atoms with Gasteiger partial charge in [-0.25, -0.2) is 9.97 Å². The van der Waals surface area contributed by atoms with Crippen molar-refractivity contribution in [2.45, 2.75) is 18.5 Å². The highest BCUT2D eigenvalue weighted by molar-refractivity contribution is 7.98. The number of hydrogen-bond acceptors (Lipinski definition) is 6. The molecule has 0 aliphatic heterocycles. The first-order chi connectivity index (χ1) is 10.2. The fourth-order valence-corrected chi connectivity index (χ4v) is 2.31. The highest BCUT2D eigenvalue weighted by Gasteiger charge is 2.08. The summed E-state index contributed by atoms with van der Waals surface area (Å²) in [5, 5.41) is 4.04. The monoisotopic (exact) mass is 303 g/mol. The number of aromatic nitrogens is 3. The van der Waals surface area contributed by atoms with Crippen molar-refractivity contribution in [2.24, 2.45) is 0 Å². The van der Waals surface area contributed by atoms with E-state index in [-0.39, 0.29) is 0 Å². The summed E-state index contributed by atoms with van der Waals surface area (Å²) in [6.07, 6.45) is 6.62. The largest absolute Gasteiger partial charge is 0.370 e. The van der Waals surface area contributed by atoms with Crippen LogP contribution in [0.4, 0.5) is 11.6 Å². The quantitative estimate of drug-likeness (QED) is 0.627. The van der Waals surface area contributed by atoms with Crippen LogP contribution >= 0.6 is 11.8 Å². The molecule has 0 aromatic carbocycles. The number of hydrogen-bond donors (Lipinski definition) is 1. The Morgan fingerprint density at radius 3 is 2.67 bits per heavy atom. The van der Waals surface area contributed by atoms with Gasteiger partial charge in [0.15, 0.2) is 5.16 Å². The Labute approximate surface area is 130 Å². The van der Waals surface area contributed by atoms with Crippen LogP contribution in [0.2, 0.25) is 0 Å². The van der Waals surface area contributed by atoms with Crippen LogP contribution < -0.4 is 10.2 Å². The molecule has 0 atom stereocenters. The maximum atomic E-state index is 4.57. The van der Waals surface area contributed by atoms with Crippen LogP contribution in [0.15, 0.2) is 35.7 Å². The first kappa shape index (κ1) is 15.6. The zero-order valence-corrected chi connectivity index (χ0v) is 13.5. The molecule has 0 fully saturated rings. The maximum absolute atomic E-state index is 4.57. The molecule has 112 valence electrons. The first-order valence-corrected chi connectivity index (χ1v) is 8.22. The summed E-state index contributed by atoms with van der Waals surface area (Å²) in [5.41, 5.74) is 1.28. The summed E-state index contributed by atoms with van der Waals surface area (Å²) in [7, 11) is 2.06. The van der Waals surface area contributed by atoms with Crippen LogP contribution in [0.25, 0.3) is 0 Å². The van der Waals surface area contributed by atoms with Gasteiger partial charge in [0.2, 0.25) is 0 Å². The Kier molecular flexibility index (Phi) is 5.80. The molecule has 6 heteroatoms. The molecule has 5 nitrogen and oxygen atoms in total. The predicted molar refractivity (Wildman–Crippen MR) is 89.2 cm³/mol. The maximum Gasteiger partial charge on any atom is 0.191 e. The van der Waals surface area contributed by atoms with Gasteiger partial charge in [0.05, 0.1) is 0 Å². The number of anilines is 2. The van der Waals surface area contributed by atoms with Crippen LogP contribution in [-0.2, 0) is 6.42 Å². The molecule has 2 rings (SSSR count). The van der Waals surface area contributed by atoms with E-state index in [0.29, 0.717) is 0 Å². The predicted octanol–water partition coefficient (Wildman–Crippen LogP) is 2.70. The second-order valence-corrected chi connectivity index (χ2v) is 5.43. The van der Waals surface area contributed by atoms with Gasteiger partial charge in [-0.2, -0.15) is 0 Å². The van der Waals surface area contributed by atoms with Gasteiger partial charge in [0.1, 0.15) is 11.6 Å². The van der Waals surface area contributed by atoms with Crippen molar-refractivity contribution in [1.29, 1.82) is 0 Å². The molecule has 2 heterocycles. The molecule has 0 radical (unpaired) electrons. The van der Waals surface area contributed by atoms with E-state index in [1.54, 1.807) is 11.8 Å². The number of rotatable bonds is 7. The lowest BCUT2D eigenvalue weighted by Crippen LogP contribution is -2.22. The lowest BCUT2D eigenvalue weighted by atomic mass is 10.2. The fraction of sp³-hybridized carbons (Fsp3) is 0.400. The van der Waals surface area contributed by atoms with Gasteiger partial charge < -0.3 is 10.2 Å². The number of likely N-dealkylation sites (N-methyl/N-ethyl adjacent to an activating group) is 1.